The fraction of sp³-hybridized carbons (Fsp3) is 0.600. The van der Waals surface area contributed by atoms with E-state index in [4.69, 9.17) is 0 Å². The van der Waals surface area contributed by atoms with Gasteiger partial charge in [0.25, 0.3) is 0 Å². The zero-order chi connectivity index (χ0) is 19.2. The first-order chi connectivity index (χ1) is 13.0. The number of hydrogen-bond donors (Lipinski definition) is 1. The normalized spacial score (nSPS) is 16.4. The molecule has 1 saturated carbocycles. The van der Waals surface area contributed by atoms with Gasteiger partial charge in [0.15, 0.2) is 11.0 Å². The SMILES string of the molecule is CC(C)Cn1c(S[C@@H](C)C(=O)NC2CCCCC2)nnc1-c1ccncc1. The van der Waals surface area contributed by atoms with Gasteiger partial charge in [-0.25, -0.2) is 0 Å². The lowest BCUT2D eigenvalue weighted by atomic mass is 9.95. The molecule has 7 heteroatoms. The number of aromatic nitrogens is 4. The Balaban J connectivity index is 1.73. The molecule has 0 aromatic carbocycles. The molecule has 1 atom stereocenters. The second-order valence-corrected chi connectivity index (χ2v) is 8.96. The Morgan fingerprint density at radius 1 is 1.19 bits per heavy atom. The molecule has 2 heterocycles. The van der Waals surface area contributed by atoms with Crippen LogP contribution in [-0.2, 0) is 11.3 Å². The van der Waals surface area contributed by atoms with Crippen LogP contribution in [0.2, 0.25) is 0 Å². The molecule has 3 rings (SSSR count). The molecule has 0 aliphatic heterocycles. The van der Waals surface area contributed by atoms with Crippen LogP contribution in [0.25, 0.3) is 11.4 Å². The number of hydrogen-bond acceptors (Lipinski definition) is 5. The van der Waals surface area contributed by atoms with Crippen LogP contribution in [0.5, 0.6) is 0 Å². The molecule has 6 nitrogen and oxygen atoms in total. The van der Waals surface area contributed by atoms with Crippen molar-refractivity contribution in [3.05, 3.63) is 24.5 Å². The van der Waals surface area contributed by atoms with Gasteiger partial charge in [-0.3, -0.25) is 9.78 Å². The lowest BCUT2D eigenvalue weighted by Crippen LogP contribution is -2.40. The van der Waals surface area contributed by atoms with E-state index in [1.54, 1.807) is 12.4 Å². The van der Waals surface area contributed by atoms with Gasteiger partial charge < -0.3 is 9.88 Å². The molecule has 1 aliphatic rings. The number of thioether (sulfide) groups is 1. The molecule has 0 bridgehead atoms. The van der Waals surface area contributed by atoms with Crippen molar-refractivity contribution >= 4 is 17.7 Å². The maximum atomic E-state index is 12.6. The Morgan fingerprint density at radius 2 is 1.89 bits per heavy atom. The molecule has 2 aromatic heterocycles. The van der Waals surface area contributed by atoms with E-state index in [0.29, 0.717) is 12.0 Å². The summed E-state index contributed by atoms with van der Waals surface area (Å²) in [6, 6.07) is 4.21. The molecule has 0 radical (unpaired) electrons. The minimum absolute atomic E-state index is 0.0939. The van der Waals surface area contributed by atoms with Crippen molar-refractivity contribution in [1.29, 1.82) is 0 Å². The summed E-state index contributed by atoms with van der Waals surface area (Å²) in [4.78, 5) is 16.7. The molecule has 0 saturated heterocycles. The molecule has 1 aliphatic carbocycles. The third-order valence-corrected chi connectivity index (χ3v) is 5.89. The van der Waals surface area contributed by atoms with Gasteiger partial charge in [0.05, 0.1) is 5.25 Å². The average Bonchev–Trinajstić information content (AvgIpc) is 3.05. The third kappa shape index (κ3) is 5.31. The van der Waals surface area contributed by atoms with Crippen LogP contribution in [0.1, 0.15) is 52.9 Å². The molecule has 27 heavy (non-hydrogen) atoms. The number of carbonyl (C=O) groups is 1. The van der Waals surface area contributed by atoms with Crippen molar-refractivity contribution < 1.29 is 4.79 Å². The molecule has 1 N–H and O–H groups in total. The van der Waals surface area contributed by atoms with E-state index >= 15 is 0 Å². The Bertz CT molecular complexity index is 740. The maximum absolute atomic E-state index is 12.6. The van der Waals surface area contributed by atoms with Crippen molar-refractivity contribution in [3.63, 3.8) is 0 Å². The zero-order valence-corrected chi connectivity index (χ0v) is 17.2. The van der Waals surface area contributed by atoms with Crippen molar-refractivity contribution in [2.24, 2.45) is 5.92 Å². The second-order valence-electron chi connectivity index (χ2n) is 7.65. The highest BCUT2D eigenvalue weighted by atomic mass is 32.2. The summed E-state index contributed by atoms with van der Waals surface area (Å²) in [5.74, 6) is 1.37. The highest BCUT2D eigenvalue weighted by Crippen LogP contribution is 2.28. The van der Waals surface area contributed by atoms with Gasteiger partial charge in [0.1, 0.15) is 0 Å². The monoisotopic (exact) mass is 387 g/mol. The van der Waals surface area contributed by atoms with Gasteiger partial charge in [-0.05, 0) is 37.8 Å². The van der Waals surface area contributed by atoms with Crippen molar-refractivity contribution in [2.75, 3.05) is 0 Å². The summed E-state index contributed by atoms with van der Waals surface area (Å²) in [5, 5.41) is 12.6. The molecule has 0 unspecified atom stereocenters. The van der Waals surface area contributed by atoms with Gasteiger partial charge in [-0.15, -0.1) is 10.2 Å². The smallest absolute Gasteiger partial charge is 0.233 e. The molecule has 0 spiro atoms. The summed E-state index contributed by atoms with van der Waals surface area (Å²) in [6.45, 7) is 7.10. The number of nitrogens with zero attached hydrogens (tertiary/aromatic N) is 4. The quantitative estimate of drug-likeness (QED) is 0.729. The van der Waals surface area contributed by atoms with Crippen molar-refractivity contribution in [2.45, 2.75) is 75.9 Å². The van der Waals surface area contributed by atoms with Gasteiger partial charge >= 0.3 is 0 Å². The van der Waals surface area contributed by atoms with Crippen LogP contribution in [-0.4, -0.2) is 36.9 Å². The summed E-state index contributed by atoms with van der Waals surface area (Å²) >= 11 is 1.49. The first-order valence-electron chi connectivity index (χ1n) is 9.85. The first-order valence-corrected chi connectivity index (χ1v) is 10.7. The molecular weight excluding hydrogens is 358 g/mol. The van der Waals surface area contributed by atoms with E-state index in [1.165, 1.54) is 31.0 Å². The largest absolute Gasteiger partial charge is 0.352 e. The second kappa shape index (κ2) is 9.35. The number of nitrogens with one attached hydrogen (secondary N) is 1. The van der Waals surface area contributed by atoms with E-state index < -0.39 is 0 Å². The topological polar surface area (TPSA) is 72.7 Å². The van der Waals surface area contributed by atoms with E-state index in [0.717, 1.165) is 35.9 Å². The zero-order valence-electron chi connectivity index (χ0n) is 16.4. The fourth-order valence-electron chi connectivity index (χ4n) is 3.40. The summed E-state index contributed by atoms with van der Waals surface area (Å²) in [5.41, 5.74) is 0.990. The van der Waals surface area contributed by atoms with Crippen LogP contribution in [0.4, 0.5) is 0 Å². The molecular formula is C20H29N5OS. The van der Waals surface area contributed by atoms with Gasteiger partial charge in [-0.2, -0.15) is 0 Å². The molecule has 1 amide bonds. The number of carbonyl (C=O) groups excluding carboxylic acids is 1. The predicted molar refractivity (Wildman–Crippen MR) is 108 cm³/mol. The summed E-state index contributed by atoms with van der Waals surface area (Å²) in [6.07, 6.45) is 9.42. The van der Waals surface area contributed by atoms with Crippen LogP contribution >= 0.6 is 11.8 Å². The Morgan fingerprint density at radius 3 is 2.56 bits per heavy atom. The standard InChI is InChI=1S/C20H29N5OS/c1-14(2)13-25-18(16-9-11-21-12-10-16)23-24-20(25)27-15(3)19(26)22-17-7-5-4-6-8-17/h9-12,14-15,17H,4-8,13H2,1-3H3,(H,22,26)/t15-/m0/s1. The summed E-state index contributed by atoms with van der Waals surface area (Å²) in [7, 11) is 0. The number of rotatable bonds is 7. The van der Waals surface area contributed by atoms with Gasteiger partial charge in [0.2, 0.25) is 5.91 Å². The van der Waals surface area contributed by atoms with E-state index in [1.807, 2.05) is 19.1 Å². The average molecular weight is 388 g/mol. The minimum Gasteiger partial charge on any atom is -0.352 e. The number of pyridine rings is 1. The Hall–Kier alpha value is -1.89. The highest BCUT2D eigenvalue weighted by molar-refractivity contribution is 8.00. The van der Waals surface area contributed by atoms with Crippen LogP contribution < -0.4 is 5.32 Å². The summed E-state index contributed by atoms with van der Waals surface area (Å²) < 4.78 is 2.12. The lowest BCUT2D eigenvalue weighted by Gasteiger charge is -2.24. The predicted octanol–water partition coefficient (Wildman–Crippen LogP) is 3.93. The molecule has 146 valence electrons. The Kier molecular flexibility index (Phi) is 6.88. The third-order valence-electron chi connectivity index (χ3n) is 4.81. The fourth-order valence-corrected chi connectivity index (χ4v) is 4.26. The maximum Gasteiger partial charge on any atom is 0.233 e. The Labute approximate surface area is 165 Å². The van der Waals surface area contributed by atoms with E-state index in [-0.39, 0.29) is 11.2 Å². The number of amides is 1. The molecule has 2 aromatic rings. The first kappa shape index (κ1) is 19.9. The molecule has 1 fully saturated rings. The van der Waals surface area contributed by atoms with E-state index in [9.17, 15) is 4.79 Å². The minimum atomic E-state index is -0.202. The van der Waals surface area contributed by atoms with Gasteiger partial charge in [-0.1, -0.05) is 44.9 Å². The van der Waals surface area contributed by atoms with Crippen LogP contribution in [0.3, 0.4) is 0 Å². The van der Waals surface area contributed by atoms with Gasteiger partial charge in [0, 0.05) is 30.5 Å². The highest BCUT2D eigenvalue weighted by Gasteiger charge is 2.23. The lowest BCUT2D eigenvalue weighted by molar-refractivity contribution is -0.121. The van der Waals surface area contributed by atoms with Crippen molar-refractivity contribution in [3.8, 4) is 11.4 Å². The van der Waals surface area contributed by atoms with E-state index in [2.05, 4.69) is 38.9 Å². The van der Waals surface area contributed by atoms with Crippen LogP contribution in [0.15, 0.2) is 29.7 Å². The van der Waals surface area contributed by atoms with Crippen molar-refractivity contribution in [1.82, 2.24) is 25.1 Å². The van der Waals surface area contributed by atoms with Crippen LogP contribution in [0, 0.1) is 5.92 Å².